The molecule has 1 N–H and O–H groups in total. The predicted octanol–water partition coefficient (Wildman–Crippen LogP) is 4.46. The first kappa shape index (κ1) is 20.8. The molecule has 30 heavy (non-hydrogen) atoms. The van der Waals surface area contributed by atoms with Crippen LogP contribution in [0.3, 0.4) is 0 Å². The van der Waals surface area contributed by atoms with E-state index in [0.29, 0.717) is 18.6 Å². The summed E-state index contributed by atoms with van der Waals surface area (Å²) in [6, 6.07) is 19.2. The second-order valence-corrected chi connectivity index (χ2v) is 8.51. The number of amides is 1. The number of hydrogen-bond acceptors (Lipinski definition) is 3. The van der Waals surface area contributed by atoms with Crippen LogP contribution in [0.15, 0.2) is 67.3 Å². The Morgan fingerprint density at radius 2 is 1.83 bits per heavy atom. The molecule has 4 heteroatoms. The van der Waals surface area contributed by atoms with Crippen molar-refractivity contribution >= 4 is 5.91 Å². The quantitative estimate of drug-likeness (QED) is 0.694. The first-order valence-electron chi connectivity index (χ1n) is 11.2. The van der Waals surface area contributed by atoms with E-state index in [2.05, 4.69) is 64.2 Å². The monoisotopic (exact) mass is 403 g/mol. The Morgan fingerprint density at radius 3 is 2.53 bits per heavy atom. The van der Waals surface area contributed by atoms with Crippen molar-refractivity contribution < 1.29 is 4.79 Å². The maximum atomic E-state index is 12.2. The highest BCUT2D eigenvalue weighted by atomic mass is 16.1. The van der Waals surface area contributed by atoms with Gasteiger partial charge in [0, 0.05) is 31.7 Å². The normalized spacial score (nSPS) is 23.0. The van der Waals surface area contributed by atoms with E-state index >= 15 is 0 Å². The fourth-order valence-corrected chi connectivity index (χ4v) is 5.19. The van der Waals surface area contributed by atoms with Gasteiger partial charge in [-0.2, -0.15) is 0 Å². The molecule has 5 rings (SSSR count). The van der Waals surface area contributed by atoms with Crippen molar-refractivity contribution in [2.45, 2.75) is 38.4 Å². The number of benzene rings is 2. The summed E-state index contributed by atoms with van der Waals surface area (Å²) in [5.74, 6) is 0.691. The van der Waals surface area contributed by atoms with Crippen LogP contribution in [0, 0.1) is 5.92 Å². The van der Waals surface area contributed by atoms with Gasteiger partial charge in [0.2, 0.25) is 0 Å². The van der Waals surface area contributed by atoms with E-state index in [4.69, 9.17) is 0 Å². The topological polar surface area (TPSA) is 35.6 Å². The zero-order chi connectivity index (χ0) is 20.9. The molecule has 0 aromatic heterocycles. The number of rotatable bonds is 7. The molecule has 2 bridgehead atoms. The maximum absolute atomic E-state index is 12.2. The number of nitrogens with one attached hydrogen (secondary N) is 1. The van der Waals surface area contributed by atoms with Crippen LogP contribution in [-0.2, 0) is 0 Å². The van der Waals surface area contributed by atoms with Crippen molar-refractivity contribution in [1.29, 1.82) is 0 Å². The summed E-state index contributed by atoms with van der Waals surface area (Å²) in [6.45, 7) is 9.82. The molecule has 158 valence electrons. The Balaban J connectivity index is 1.70. The Kier molecular flexibility index (Phi) is 6.66. The number of hydrogen-bond donors (Lipinski definition) is 1. The van der Waals surface area contributed by atoms with Crippen molar-refractivity contribution in [3.05, 3.63) is 83.9 Å². The third kappa shape index (κ3) is 4.35. The van der Waals surface area contributed by atoms with E-state index in [1.54, 1.807) is 0 Å². The van der Waals surface area contributed by atoms with E-state index in [9.17, 15) is 4.79 Å². The van der Waals surface area contributed by atoms with Gasteiger partial charge in [0.15, 0.2) is 0 Å². The molecule has 3 atom stereocenters. The van der Waals surface area contributed by atoms with Gasteiger partial charge in [-0.15, -0.1) is 6.58 Å². The minimum atomic E-state index is -0.00806. The van der Waals surface area contributed by atoms with Crippen LogP contribution in [0.2, 0.25) is 0 Å². The molecular weight excluding hydrogens is 370 g/mol. The van der Waals surface area contributed by atoms with Crippen LogP contribution in [0.25, 0.3) is 0 Å². The van der Waals surface area contributed by atoms with Crippen LogP contribution in [0.5, 0.6) is 0 Å². The molecule has 2 unspecified atom stereocenters. The number of fused-ring (bicyclic) bond motifs is 4. The molecule has 3 aliphatic rings. The Bertz CT molecular complexity index is 848. The van der Waals surface area contributed by atoms with Crippen molar-refractivity contribution in [2.24, 2.45) is 5.92 Å². The molecule has 0 aliphatic carbocycles. The van der Waals surface area contributed by atoms with E-state index in [1.165, 1.54) is 36.9 Å². The van der Waals surface area contributed by atoms with Crippen molar-refractivity contribution in [1.82, 2.24) is 15.1 Å². The zero-order valence-electron chi connectivity index (χ0n) is 18.0. The first-order valence-corrected chi connectivity index (χ1v) is 11.2. The van der Waals surface area contributed by atoms with Gasteiger partial charge in [0.25, 0.3) is 5.91 Å². The van der Waals surface area contributed by atoms with Crippen LogP contribution in [0.1, 0.15) is 53.7 Å². The van der Waals surface area contributed by atoms with Gasteiger partial charge < -0.3 is 5.32 Å². The van der Waals surface area contributed by atoms with E-state index in [-0.39, 0.29) is 11.9 Å². The number of carbonyl (C=O) groups is 1. The second kappa shape index (κ2) is 9.59. The van der Waals surface area contributed by atoms with Crippen molar-refractivity contribution in [2.75, 3.05) is 26.2 Å². The molecule has 0 radical (unpaired) electrons. The minimum Gasteiger partial charge on any atom is -0.352 e. The van der Waals surface area contributed by atoms with E-state index < -0.39 is 0 Å². The summed E-state index contributed by atoms with van der Waals surface area (Å²) >= 11 is 0. The molecule has 4 nitrogen and oxygen atoms in total. The van der Waals surface area contributed by atoms with Gasteiger partial charge in [-0.05, 0) is 48.9 Å². The molecule has 3 saturated heterocycles. The van der Waals surface area contributed by atoms with Crippen molar-refractivity contribution in [3.63, 3.8) is 0 Å². The van der Waals surface area contributed by atoms with Gasteiger partial charge in [0.1, 0.15) is 0 Å². The lowest BCUT2D eigenvalue weighted by atomic mass is 9.93. The van der Waals surface area contributed by atoms with Crippen molar-refractivity contribution in [3.8, 4) is 0 Å². The molecule has 1 amide bonds. The average Bonchev–Trinajstić information content (AvgIpc) is 3.09. The molecule has 3 fully saturated rings. The summed E-state index contributed by atoms with van der Waals surface area (Å²) in [7, 11) is 0. The highest BCUT2D eigenvalue weighted by Gasteiger charge is 2.40. The minimum absolute atomic E-state index is 0.00806. The fourth-order valence-electron chi connectivity index (χ4n) is 5.19. The van der Waals surface area contributed by atoms with E-state index in [0.717, 1.165) is 18.7 Å². The smallest absolute Gasteiger partial charge is 0.251 e. The summed E-state index contributed by atoms with van der Waals surface area (Å²) in [5.41, 5.74) is 3.28. The molecule has 2 aromatic carbocycles. The first-order chi connectivity index (χ1) is 14.7. The fraction of sp³-hybridized carbons (Fsp3) is 0.423. The third-order valence-corrected chi connectivity index (χ3v) is 6.48. The van der Waals surface area contributed by atoms with Crippen LogP contribution < -0.4 is 5.32 Å². The lowest BCUT2D eigenvalue weighted by Gasteiger charge is -2.48. The Hall–Kier alpha value is -2.43. The van der Waals surface area contributed by atoms with Gasteiger partial charge in [0.05, 0.1) is 12.2 Å². The van der Waals surface area contributed by atoms with E-state index in [1.807, 2.05) is 25.1 Å². The van der Waals surface area contributed by atoms with Gasteiger partial charge in [-0.1, -0.05) is 55.0 Å². The highest BCUT2D eigenvalue weighted by molar-refractivity contribution is 5.94. The lowest BCUT2D eigenvalue weighted by molar-refractivity contribution is -0.0236. The predicted molar refractivity (Wildman–Crippen MR) is 122 cm³/mol. The van der Waals surface area contributed by atoms with Gasteiger partial charge in [-0.25, -0.2) is 0 Å². The lowest BCUT2D eigenvalue weighted by Crippen LogP contribution is -2.56. The number of carbonyl (C=O) groups excluding carboxylic acids is 1. The molecule has 3 aliphatic heterocycles. The largest absolute Gasteiger partial charge is 0.352 e. The highest BCUT2D eigenvalue weighted by Crippen LogP contribution is 2.39. The molecule has 3 heterocycles. The number of nitrogens with zero attached hydrogens (tertiary/aromatic N) is 2. The summed E-state index contributed by atoms with van der Waals surface area (Å²) < 4.78 is 0. The van der Waals surface area contributed by atoms with Crippen LogP contribution in [0.4, 0.5) is 0 Å². The molecular formula is C26H33N3O. The zero-order valence-corrected chi connectivity index (χ0v) is 18.0. The standard InChI is InChI=1S/C26H33N3O/c1-3-17-28-18-20-9-8-12-24(28)29(19-20)25(21-10-6-5-7-11-21)22-13-15-23(16-14-22)26(30)27-4-2/h3,5-7,10-11,13-16,20,24-25H,1,4,8-9,12,17-19H2,2H3,(H,27,30)/t20?,24?,25-/m1/s1. The Labute approximate surface area is 180 Å². The van der Waals surface area contributed by atoms with Gasteiger partial charge >= 0.3 is 0 Å². The summed E-state index contributed by atoms with van der Waals surface area (Å²) in [5, 5.41) is 2.89. The third-order valence-electron chi connectivity index (χ3n) is 6.48. The summed E-state index contributed by atoms with van der Waals surface area (Å²) in [6.07, 6.45) is 6.26. The second-order valence-electron chi connectivity index (χ2n) is 8.51. The SMILES string of the molecule is C=CCN1CC2CCCC1N([C@H](c1ccccc1)c1ccc(C(=O)NCC)cc1)C2. The maximum Gasteiger partial charge on any atom is 0.251 e. The van der Waals surface area contributed by atoms with Crippen LogP contribution >= 0.6 is 0 Å². The molecule has 0 saturated carbocycles. The molecule has 2 aromatic rings. The van der Waals surface area contributed by atoms with Crippen LogP contribution in [-0.4, -0.2) is 48.1 Å². The van der Waals surface area contributed by atoms with Gasteiger partial charge in [-0.3, -0.25) is 14.6 Å². The molecule has 0 spiro atoms. The average molecular weight is 404 g/mol. The Morgan fingerprint density at radius 1 is 1.10 bits per heavy atom. The summed E-state index contributed by atoms with van der Waals surface area (Å²) in [4.78, 5) is 17.5.